The molecule has 0 N–H and O–H groups in total. The minimum absolute atomic E-state index is 0.0301. The molecule has 1 nitrogen and oxygen atoms in total. The van der Waals surface area contributed by atoms with Crippen LogP contribution in [0.3, 0.4) is 0 Å². The lowest BCUT2D eigenvalue weighted by atomic mass is 9.90. The van der Waals surface area contributed by atoms with Gasteiger partial charge in [-0.05, 0) is 80.5 Å². The summed E-state index contributed by atoms with van der Waals surface area (Å²) in [5.41, 5.74) is 0.439. The quantitative estimate of drug-likeness (QED) is 0.204. The zero-order valence-corrected chi connectivity index (χ0v) is 21.7. The van der Waals surface area contributed by atoms with Crippen molar-refractivity contribution in [2.24, 2.45) is 0 Å². The molecule has 0 saturated carbocycles. The lowest BCUT2D eigenvalue weighted by Crippen LogP contribution is -2.09. The molecule has 0 spiro atoms. The number of hydrogen-bond donors (Lipinski definition) is 0. The fraction of sp³-hybridized carbons (Fsp3) is 0. The third-order valence-electron chi connectivity index (χ3n) is 6.70. The SMILES string of the molecule is [2H]c1c([2H])c([2H])c(-c2c([2H])c([2H])c(N(c3ccccc3)c3c([2H])c([2H])c(-c4ccc5ccccc5c4-c4ccccc4)c([2H])c3[2H])c([2H])c2[2H])c([2H])c1[2H]. The van der Waals surface area contributed by atoms with Gasteiger partial charge < -0.3 is 4.90 Å². The molecule has 0 saturated heterocycles. The second-order valence-electron chi connectivity index (χ2n) is 9.19. The summed E-state index contributed by atoms with van der Waals surface area (Å²) in [4.78, 5) is 1.15. The second-order valence-corrected chi connectivity index (χ2v) is 9.19. The molecule has 0 heterocycles. The van der Waals surface area contributed by atoms with Gasteiger partial charge in [-0.3, -0.25) is 0 Å². The topological polar surface area (TPSA) is 3.24 Å². The Morgan fingerprint density at radius 1 is 0.390 bits per heavy atom. The van der Waals surface area contributed by atoms with Crippen molar-refractivity contribution in [1.82, 2.24) is 0 Å². The Morgan fingerprint density at radius 3 is 1.63 bits per heavy atom. The molecular weight excluding hydrogens is 494 g/mol. The Bertz CT molecular complexity index is 2560. The van der Waals surface area contributed by atoms with Crippen molar-refractivity contribution in [2.75, 3.05) is 4.90 Å². The Morgan fingerprint density at radius 2 is 0.951 bits per heavy atom. The zero-order valence-electron chi connectivity index (χ0n) is 34.7. The lowest BCUT2D eigenvalue weighted by molar-refractivity contribution is 1.28. The van der Waals surface area contributed by atoms with Crippen molar-refractivity contribution >= 4 is 27.8 Å². The predicted octanol–water partition coefficient (Wildman–Crippen LogP) is 11.3. The van der Waals surface area contributed by atoms with E-state index in [-0.39, 0.29) is 16.9 Å². The number of benzene rings is 7. The van der Waals surface area contributed by atoms with Crippen molar-refractivity contribution in [3.63, 3.8) is 0 Å². The molecule has 7 rings (SSSR count). The maximum atomic E-state index is 9.38. The van der Waals surface area contributed by atoms with Crippen molar-refractivity contribution in [3.05, 3.63) is 176 Å². The first-order valence-electron chi connectivity index (χ1n) is 19.5. The van der Waals surface area contributed by atoms with Gasteiger partial charge in [0.25, 0.3) is 0 Å². The summed E-state index contributed by atoms with van der Waals surface area (Å²) in [5, 5.41) is 1.76. The van der Waals surface area contributed by atoms with E-state index < -0.39 is 95.4 Å². The number of fused-ring (bicyclic) bond motifs is 1. The Kier molecular flexibility index (Phi) is 3.83. The zero-order chi connectivity index (χ0) is 38.7. The molecule has 1 heteroatoms. The molecule has 0 atom stereocenters. The molecule has 0 fully saturated rings. The molecule has 0 bridgehead atoms. The van der Waals surface area contributed by atoms with E-state index in [1.807, 2.05) is 60.7 Å². The number of rotatable bonds is 6. The highest BCUT2D eigenvalue weighted by atomic mass is 15.1. The highest BCUT2D eigenvalue weighted by Gasteiger charge is 2.15. The van der Waals surface area contributed by atoms with Crippen LogP contribution in [0.15, 0.2) is 176 Å². The van der Waals surface area contributed by atoms with Crippen LogP contribution in [0.1, 0.15) is 17.8 Å². The molecule has 194 valence electrons. The van der Waals surface area contributed by atoms with Crippen LogP contribution in [-0.4, -0.2) is 0 Å². The highest BCUT2D eigenvalue weighted by molar-refractivity contribution is 6.04. The summed E-state index contributed by atoms with van der Waals surface area (Å²) in [5.74, 6) is 0. The number of nitrogens with zero attached hydrogens (tertiary/aromatic N) is 1. The fourth-order valence-corrected chi connectivity index (χ4v) is 4.81. The van der Waals surface area contributed by atoms with E-state index in [0.29, 0.717) is 11.1 Å². The summed E-state index contributed by atoms with van der Waals surface area (Å²) in [7, 11) is 0. The van der Waals surface area contributed by atoms with E-state index in [1.54, 1.807) is 36.4 Å². The first-order valence-corrected chi connectivity index (χ1v) is 13.0. The largest absolute Gasteiger partial charge is 0.311 e. The Labute approximate surface area is 259 Å². The molecule has 0 unspecified atom stereocenters. The number of anilines is 3. The molecule has 7 aromatic carbocycles. The van der Waals surface area contributed by atoms with Gasteiger partial charge in [0, 0.05) is 17.1 Å². The van der Waals surface area contributed by atoms with Gasteiger partial charge in [0.2, 0.25) is 0 Å². The average molecular weight is 537 g/mol. The van der Waals surface area contributed by atoms with Gasteiger partial charge in [-0.25, -0.2) is 0 Å². The lowest BCUT2D eigenvalue weighted by Gasteiger charge is -2.26. The molecule has 0 aromatic heterocycles. The molecule has 0 radical (unpaired) electrons. The standard InChI is InChI=1S/C40H29N/c1-4-12-30(13-5-1)31-20-25-36(26-21-31)41(35-17-8-3-9-18-35)37-27-22-33(23-28-37)39-29-24-32-14-10-11-19-38(32)40(39)34-15-6-2-7-16-34/h1-29H/i1D,4D,5D,12D,13D,20D,21D,22D,23D,25D,26D,27D,28D. The van der Waals surface area contributed by atoms with E-state index in [2.05, 4.69) is 0 Å². The van der Waals surface area contributed by atoms with Gasteiger partial charge in [-0.2, -0.15) is 0 Å². The van der Waals surface area contributed by atoms with E-state index >= 15 is 0 Å². The predicted molar refractivity (Wildman–Crippen MR) is 175 cm³/mol. The molecule has 7 aromatic rings. The van der Waals surface area contributed by atoms with Crippen LogP contribution >= 0.6 is 0 Å². The first kappa shape index (κ1) is 14.3. The van der Waals surface area contributed by atoms with Crippen LogP contribution in [0.2, 0.25) is 0 Å². The fourth-order valence-electron chi connectivity index (χ4n) is 4.81. The van der Waals surface area contributed by atoms with Crippen molar-refractivity contribution < 1.29 is 17.8 Å². The normalized spacial score (nSPS) is 15.4. The summed E-state index contributed by atoms with van der Waals surface area (Å²) in [6.07, 6.45) is 0. The smallest absolute Gasteiger partial charge is 0.0645 e. The van der Waals surface area contributed by atoms with Crippen LogP contribution in [0.4, 0.5) is 17.1 Å². The van der Waals surface area contributed by atoms with Gasteiger partial charge >= 0.3 is 0 Å². The van der Waals surface area contributed by atoms with Crippen LogP contribution in [0, 0.1) is 0 Å². The van der Waals surface area contributed by atoms with Gasteiger partial charge in [0.15, 0.2) is 0 Å². The monoisotopic (exact) mass is 536 g/mol. The maximum absolute atomic E-state index is 9.38. The number of para-hydroxylation sites is 1. The maximum Gasteiger partial charge on any atom is 0.0645 e. The molecule has 0 aliphatic heterocycles. The first-order chi connectivity index (χ1) is 25.8. The van der Waals surface area contributed by atoms with Gasteiger partial charge in [-0.15, -0.1) is 0 Å². The van der Waals surface area contributed by atoms with Gasteiger partial charge in [0.1, 0.15) is 0 Å². The Balaban J connectivity index is 1.53. The minimum atomic E-state index is -0.721. The summed E-state index contributed by atoms with van der Waals surface area (Å²) < 4.78 is 115. The van der Waals surface area contributed by atoms with Crippen molar-refractivity contribution in [2.45, 2.75) is 0 Å². The minimum Gasteiger partial charge on any atom is -0.311 e. The number of hydrogen-bond acceptors (Lipinski definition) is 1. The van der Waals surface area contributed by atoms with E-state index in [4.69, 9.17) is 12.3 Å². The average Bonchev–Trinajstić information content (AvgIpc) is 3.19. The van der Waals surface area contributed by atoms with Crippen molar-refractivity contribution in [3.8, 4) is 33.4 Å². The van der Waals surface area contributed by atoms with Crippen molar-refractivity contribution in [1.29, 1.82) is 0 Å². The molecular formula is C40H29N. The van der Waals surface area contributed by atoms with Crippen LogP contribution in [0.25, 0.3) is 44.2 Å². The van der Waals surface area contributed by atoms with Crippen LogP contribution < -0.4 is 4.90 Å². The van der Waals surface area contributed by atoms with Gasteiger partial charge in [-0.1, -0.05) is 139 Å². The summed E-state index contributed by atoms with van der Waals surface area (Å²) >= 11 is 0. The molecule has 41 heavy (non-hydrogen) atoms. The molecule has 0 amide bonds. The summed E-state index contributed by atoms with van der Waals surface area (Å²) in [6.45, 7) is 0. The summed E-state index contributed by atoms with van der Waals surface area (Å²) in [6, 6.07) is 20.7. The van der Waals surface area contributed by atoms with Crippen LogP contribution in [0.5, 0.6) is 0 Å². The highest BCUT2D eigenvalue weighted by Crippen LogP contribution is 2.40. The third-order valence-corrected chi connectivity index (χ3v) is 6.70. The van der Waals surface area contributed by atoms with E-state index in [0.717, 1.165) is 21.2 Å². The van der Waals surface area contributed by atoms with Gasteiger partial charge in [0.05, 0.1) is 17.8 Å². The van der Waals surface area contributed by atoms with E-state index in [1.165, 1.54) is 0 Å². The molecule has 0 aliphatic rings. The second kappa shape index (κ2) is 11.0. The van der Waals surface area contributed by atoms with Crippen LogP contribution in [-0.2, 0) is 0 Å². The third kappa shape index (κ3) is 4.90. The molecule has 0 aliphatic carbocycles. The Hall–Kier alpha value is -5.40. The van der Waals surface area contributed by atoms with E-state index in [9.17, 15) is 5.48 Å².